The zero-order valence-corrected chi connectivity index (χ0v) is 13.0. The third-order valence-corrected chi connectivity index (χ3v) is 3.35. The van der Waals surface area contributed by atoms with Crippen LogP contribution >= 0.6 is 0 Å². The minimum Gasteiger partial charge on any atom is -0.480 e. The number of aliphatic carboxylic acids is 1. The van der Waals surface area contributed by atoms with Gasteiger partial charge < -0.3 is 19.6 Å². The van der Waals surface area contributed by atoms with Crippen LogP contribution in [-0.2, 0) is 9.53 Å². The lowest BCUT2D eigenvalue weighted by molar-refractivity contribution is -0.143. The van der Waals surface area contributed by atoms with Gasteiger partial charge in [-0.3, -0.25) is 9.69 Å². The van der Waals surface area contributed by atoms with E-state index in [1.165, 1.54) is 6.26 Å². The lowest BCUT2D eigenvalue weighted by atomic mass is 10.2. The van der Waals surface area contributed by atoms with Gasteiger partial charge in [0.15, 0.2) is 6.04 Å². The van der Waals surface area contributed by atoms with Gasteiger partial charge in [0.05, 0.1) is 6.26 Å². The van der Waals surface area contributed by atoms with E-state index in [0.717, 1.165) is 0 Å². The van der Waals surface area contributed by atoms with Crippen LogP contribution in [-0.4, -0.2) is 46.8 Å². The second kappa shape index (κ2) is 6.39. The van der Waals surface area contributed by atoms with E-state index in [1.54, 1.807) is 37.8 Å². The summed E-state index contributed by atoms with van der Waals surface area (Å²) < 4.78 is 10.4. The first-order chi connectivity index (χ1) is 10.3. The highest BCUT2D eigenvalue weighted by molar-refractivity contribution is 5.74. The maximum Gasteiger partial charge on any atom is 0.407 e. The van der Waals surface area contributed by atoms with Crippen molar-refractivity contribution in [2.45, 2.75) is 44.9 Å². The molecule has 0 spiro atoms. The van der Waals surface area contributed by atoms with Gasteiger partial charge in [0, 0.05) is 19.1 Å². The van der Waals surface area contributed by atoms with Crippen molar-refractivity contribution >= 4 is 12.1 Å². The van der Waals surface area contributed by atoms with E-state index in [9.17, 15) is 14.7 Å². The molecule has 2 rings (SSSR count). The van der Waals surface area contributed by atoms with E-state index in [0.29, 0.717) is 25.3 Å². The quantitative estimate of drug-likeness (QED) is 0.884. The van der Waals surface area contributed by atoms with E-state index in [-0.39, 0.29) is 6.04 Å². The van der Waals surface area contributed by atoms with Crippen molar-refractivity contribution in [2.24, 2.45) is 0 Å². The molecule has 1 aromatic rings. The molecule has 7 nitrogen and oxygen atoms in total. The van der Waals surface area contributed by atoms with Gasteiger partial charge >= 0.3 is 12.1 Å². The van der Waals surface area contributed by atoms with Gasteiger partial charge in [0.2, 0.25) is 0 Å². The predicted molar refractivity (Wildman–Crippen MR) is 78.4 cm³/mol. The molecule has 122 valence electrons. The molecule has 0 aromatic carbocycles. The Bertz CT molecular complexity index is 521. The van der Waals surface area contributed by atoms with Crippen LogP contribution < -0.4 is 5.32 Å². The Morgan fingerprint density at radius 3 is 2.77 bits per heavy atom. The Morgan fingerprint density at radius 2 is 2.23 bits per heavy atom. The van der Waals surface area contributed by atoms with Gasteiger partial charge in [-0.2, -0.15) is 0 Å². The standard InChI is InChI=1S/C15H22N2O5/c1-15(2,3)22-14(20)16-10-6-7-17(9-10)12(13(18)19)11-5-4-8-21-11/h4-5,8,10,12H,6-7,9H2,1-3H3,(H,16,20)(H,18,19)/t10-,12-/m0/s1. The minimum absolute atomic E-state index is 0.133. The molecule has 0 aliphatic carbocycles. The first-order valence-electron chi connectivity index (χ1n) is 7.26. The first-order valence-corrected chi connectivity index (χ1v) is 7.26. The lowest BCUT2D eigenvalue weighted by Crippen LogP contribution is -2.41. The molecule has 0 bridgehead atoms. The van der Waals surface area contributed by atoms with E-state index in [4.69, 9.17) is 9.15 Å². The summed E-state index contributed by atoms with van der Waals surface area (Å²) in [6, 6.07) is 2.35. The summed E-state index contributed by atoms with van der Waals surface area (Å²) >= 11 is 0. The zero-order valence-electron chi connectivity index (χ0n) is 13.0. The fraction of sp³-hybridized carbons (Fsp3) is 0.600. The number of carboxylic acids is 1. The van der Waals surface area contributed by atoms with Gasteiger partial charge in [0.1, 0.15) is 11.4 Å². The summed E-state index contributed by atoms with van der Waals surface area (Å²) in [6.07, 6.45) is 1.64. The van der Waals surface area contributed by atoms with Gasteiger partial charge in [0.25, 0.3) is 0 Å². The van der Waals surface area contributed by atoms with Crippen molar-refractivity contribution in [3.05, 3.63) is 24.2 Å². The fourth-order valence-electron chi connectivity index (χ4n) is 2.52. The largest absolute Gasteiger partial charge is 0.480 e. The Labute approximate surface area is 129 Å². The normalized spacial score (nSPS) is 20.6. The first kappa shape index (κ1) is 16.4. The highest BCUT2D eigenvalue weighted by Crippen LogP contribution is 2.26. The second-order valence-corrected chi connectivity index (χ2v) is 6.38. The van der Waals surface area contributed by atoms with Crippen LogP contribution in [0, 0.1) is 0 Å². The molecule has 2 atom stereocenters. The average Bonchev–Trinajstić information content (AvgIpc) is 2.99. The highest BCUT2D eigenvalue weighted by atomic mass is 16.6. The molecule has 2 N–H and O–H groups in total. The molecule has 1 aliphatic rings. The topological polar surface area (TPSA) is 92.0 Å². The summed E-state index contributed by atoms with van der Waals surface area (Å²) in [5.41, 5.74) is -0.555. The maximum absolute atomic E-state index is 11.8. The molecular formula is C15H22N2O5. The van der Waals surface area contributed by atoms with E-state index >= 15 is 0 Å². The number of likely N-dealkylation sites (tertiary alicyclic amines) is 1. The van der Waals surface area contributed by atoms with E-state index in [2.05, 4.69) is 5.32 Å². The molecule has 7 heteroatoms. The number of nitrogens with one attached hydrogen (secondary N) is 1. The molecule has 0 radical (unpaired) electrons. The Balaban J connectivity index is 1.94. The molecule has 22 heavy (non-hydrogen) atoms. The minimum atomic E-state index is -0.965. The molecule has 0 saturated carbocycles. The molecule has 1 aliphatic heterocycles. The van der Waals surface area contributed by atoms with Crippen LogP contribution in [0.15, 0.2) is 22.8 Å². The van der Waals surface area contributed by atoms with Gasteiger partial charge in [-0.25, -0.2) is 4.79 Å². The molecule has 2 heterocycles. The molecule has 0 unspecified atom stereocenters. The number of amides is 1. The number of nitrogens with zero attached hydrogens (tertiary/aromatic N) is 1. The number of hydrogen-bond acceptors (Lipinski definition) is 5. The number of furan rings is 1. The summed E-state index contributed by atoms with van der Waals surface area (Å²) in [6.45, 7) is 6.40. The smallest absolute Gasteiger partial charge is 0.407 e. The van der Waals surface area contributed by atoms with Crippen molar-refractivity contribution in [3.8, 4) is 0 Å². The van der Waals surface area contributed by atoms with Crippen LogP contribution in [0.5, 0.6) is 0 Å². The summed E-state index contributed by atoms with van der Waals surface area (Å²) in [7, 11) is 0. The monoisotopic (exact) mass is 310 g/mol. The van der Waals surface area contributed by atoms with Crippen LogP contribution in [0.2, 0.25) is 0 Å². The third-order valence-electron chi connectivity index (χ3n) is 3.35. The zero-order chi connectivity index (χ0) is 16.3. The summed E-state index contributed by atoms with van der Waals surface area (Å²) in [5.74, 6) is -0.571. The number of carbonyl (C=O) groups is 2. The highest BCUT2D eigenvalue weighted by Gasteiger charge is 2.36. The second-order valence-electron chi connectivity index (χ2n) is 6.38. The number of ether oxygens (including phenoxy) is 1. The maximum atomic E-state index is 11.8. The number of rotatable bonds is 4. The van der Waals surface area contributed by atoms with Crippen LogP contribution in [0.1, 0.15) is 39.0 Å². The predicted octanol–water partition coefficient (Wildman–Crippen LogP) is 2.00. The Morgan fingerprint density at radius 1 is 1.50 bits per heavy atom. The van der Waals surface area contributed by atoms with E-state index < -0.39 is 23.7 Å². The van der Waals surface area contributed by atoms with E-state index in [1.807, 2.05) is 0 Å². The van der Waals surface area contributed by atoms with Crippen molar-refractivity contribution in [2.75, 3.05) is 13.1 Å². The fourth-order valence-corrected chi connectivity index (χ4v) is 2.52. The van der Waals surface area contributed by atoms with Crippen LogP contribution in [0.4, 0.5) is 4.79 Å². The van der Waals surface area contributed by atoms with Crippen molar-refractivity contribution in [1.29, 1.82) is 0 Å². The number of hydrogen-bond donors (Lipinski definition) is 2. The molecule has 1 aromatic heterocycles. The van der Waals surface area contributed by atoms with Gasteiger partial charge in [-0.15, -0.1) is 0 Å². The van der Waals surface area contributed by atoms with Crippen molar-refractivity contribution < 1.29 is 23.8 Å². The van der Waals surface area contributed by atoms with Crippen molar-refractivity contribution in [1.82, 2.24) is 10.2 Å². The molecule has 1 fully saturated rings. The molecular weight excluding hydrogens is 288 g/mol. The number of alkyl carbamates (subject to hydrolysis) is 1. The van der Waals surface area contributed by atoms with Crippen molar-refractivity contribution in [3.63, 3.8) is 0 Å². The SMILES string of the molecule is CC(C)(C)OC(=O)N[C@H]1CCN([C@H](C(=O)O)c2ccco2)C1. The summed E-state index contributed by atoms with van der Waals surface area (Å²) in [4.78, 5) is 25.0. The Hall–Kier alpha value is -2.02. The summed E-state index contributed by atoms with van der Waals surface area (Å²) in [5, 5.41) is 12.2. The lowest BCUT2D eigenvalue weighted by Gasteiger charge is -2.24. The number of carboxylic acid groups (broad SMARTS) is 1. The van der Waals surface area contributed by atoms with Crippen LogP contribution in [0.25, 0.3) is 0 Å². The molecule has 1 saturated heterocycles. The van der Waals surface area contributed by atoms with Gasteiger partial charge in [-0.1, -0.05) is 0 Å². The third kappa shape index (κ3) is 4.24. The average molecular weight is 310 g/mol. The molecule has 1 amide bonds. The Kier molecular flexibility index (Phi) is 4.75. The van der Waals surface area contributed by atoms with Crippen LogP contribution in [0.3, 0.4) is 0 Å². The van der Waals surface area contributed by atoms with Gasteiger partial charge in [-0.05, 0) is 39.3 Å². The number of carbonyl (C=O) groups excluding carboxylic acids is 1.